The van der Waals surface area contributed by atoms with E-state index in [0.717, 1.165) is 45.0 Å². The first-order valence-corrected chi connectivity index (χ1v) is 12.6. The van der Waals surface area contributed by atoms with Crippen LogP contribution in [0.15, 0.2) is 38.0 Å². The number of nitrogens with two attached hydrogens (primary N) is 2. The number of rotatable bonds is 23. The Morgan fingerprint density at radius 2 is 0.892 bits per heavy atom. The van der Waals surface area contributed by atoms with Crippen LogP contribution in [0.25, 0.3) is 0 Å². The van der Waals surface area contributed by atoms with E-state index in [1.165, 1.54) is 12.2 Å². The normalized spacial score (nSPS) is 9.59. The quantitative estimate of drug-likeness (QED) is 0.0826. The van der Waals surface area contributed by atoms with Crippen molar-refractivity contribution in [3.05, 3.63) is 38.0 Å². The maximum atomic E-state index is 10.8. The molecule has 2 amide bonds. The van der Waals surface area contributed by atoms with E-state index in [4.69, 9.17) is 42.0 Å². The van der Waals surface area contributed by atoms with E-state index < -0.39 is 5.24 Å². The molecular formula is C25H47ClN4O7. The molecule has 0 spiro atoms. The topological polar surface area (TPSA) is 164 Å². The van der Waals surface area contributed by atoms with E-state index in [1.54, 1.807) is 0 Å². The molecule has 0 aromatic heterocycles. The van der Waals surface area contributed by atoms with Crippen LogP contribution in [0.5, 0.6) is 0 Å². The summed E-state index contributed by atoms with van der Waals surface area (Å²) in [6, 6.07) is 0. The van der Waals surface area contributed by atoms with Gasteiger partial charge in [-0.1, -0.05) is 19.7 Å². The van der Waals surface area contributed by atoms with Gasteiger partial charge in [-0.15, -0.1) is 0 Å². The van der Waals surface area contributed by atoms with Crippen LogP contribution in [0.3, 0.4) is 0 Å². The highest BCUT2D eigenvalue weighted by atomic mass is 35.5. The van der Waals surface area contributed by atoms with Gasteiger partial charge < -0.3 is 41.0 Å². The number of allylic oxidation sites excluding steroid dienone is 1. The van der Waals surface area contributed by atoms with Gasteiger partial charge in [0.25, 0.3) is 0 Å². The van der Waals surface area contributed by atoms with Gasteiger partial charge in [-0.2, -0.15) is 0 Å². The molecule has 0 saturated carbocycles. The molecule has 216 valence electrons. The summed E-state index contributed by atoms with van der Waals surface area (Å²) >= 11 is 4.71. The summed E-state index contributed by atoms with van der Waals surface area (Å²) in [5.74, 6) is -0.339. The molecule has 0 atom stereocenters. The van der Waals surface area contributed by atoms with Gasteiger partial charge in [0.05, 0.1) is 26.4 Å². The molecule has 0 aliphatic rings. The lowest BCUT2D eigenvalue weighted by Gasteiger charge is -2.06. The number of hydrogen-bond acceptors (Lipinski definition) is 9. The second kappa shape index (κ2) is 36.0. The van der Waals surface area contributed by atoms with Crippen molar-refractivity contribution in [2.75, 3.05) is 79.0 Å². The Bertz CT molecular complexity index is 541. The Morgan fingerprint density at radius 3 is 1.14 bits per heavy atom. The van der Waals surface area contributed by atoms with E-state index in [1.807, 2.05) is 0 Å². The molecule has 12 heteroatoms. The fraction of sp³-hybridized carbons (Fsp3) is 0.640. The minimum absolute atomic E-state index is 0.170. The smallest absolute Gasteiger partial charge is 0.244 e. The Kier molecular flexibility index (Phi) is 38.4. The maximum Gasteiger partial charge on any atom is 0.244 e. The molecular weight excluding hydrogens is 504 g/mol. The minimum Gasteiger partial charge on any atom is -0.379 e. The van der Waals surface area contributed by atoms with Crippen LogP contribution in [0.2, 0.25) is 0 Å². The van der Waals surface area contributed by atoms with Crippen molar-refractivity contribution in [3.63, 3.8) is 0 Å². The van der Waals surface area contributed by atoms with E-state index in [0.29, 0.717) is 65.8 Å². The predicted molar refractivity (Wildman–Crippen MR) is 147 cm³/mol. The Morgan fingerprint density at radius 1 is 0.595 bits per heavy atom. The Balaban J connectivity index is -0.000000572. The van der Waals surface area contributed by atoms with Crippen LogP contribution in [0.1, 0.15) is 25.7 Å². The summed E-state index contributed by atoms with van der Waals surface area (Å²) in [4.78, 5) is 31.1. The van der Waals surface area contributed by atoms with E-state index in [9.17, 15) is 14.4 Å². The highest BCUT2D eigenvalue weighted by Crippen LogP contribution is 1.86. The Labute approximate surface area is 226 Å². The summed E-state index contributed by atoms with van der Waals surface area (Å²) in [5.41, 5.74) is 10.6. The number of ether oxygens (including phenoxy) is 4. The van der Waals surface area contributed by atoms with Crippen molar-refractivity contribution in [3.8, 4) is 0 Å². The molecule has 0 unspecified atom stereocenters. The average Bonchev–Trinajstić information content (AvgIpc) is 2.91. The number of halogens is 1. The first kappa shape index (κ1) is 39.4. The third kappa shape index (κ3) is 44.3. The zero-order chi connectivity index (χ0) is 28.4. The molecule has 0 heterocycles. The van der Waals surface area contributed by atoms with Crippen LogP contribution < -0.4 is 22.1 Å². The molecule has 0 saturated heterocycles. The molecule has 0 fully saturated rings. The van der Waals surface area contributed by atoms with Crippen molar-refractivity contribution in [2.24, 2.45) is 11.5 Å². The summed E-state index contributed by atoms with van der Waals surface area (Å²) in [7, 11) is 0. The third-order valence-corrected chi connectivity index (χ3v) is 3.94. The van der Waals surface area contributed by atoms with Crippen molar-refractivity contribution in [1.82, 2.24) is 10.6 Å². The van der Waals surface area contributed by atoms with Gasteiger partial charge in [0, 0.05) is 39.5 Å². The predicted octanol–water partition coefficient (Wildman–Crippen LogP) is 1.06. The minimum atomic E-state index is -0.509. The summed E-state index contributed by atoms with van der Waals surface area (Å²) in [6.45, 7) is 17.3. The summed E-state index contributed by atoms with van der Waals surface area (Å²) < 4.78 is 21.1. The van der Waals surface area contributed by atoms with Gasteiger partial charge in [0.1, 0.15) is 0 Å². The summed E-state index contributed by atoms with van der Waals surface area (Å²) in [6.07, 6.45) is 6.88. The number of amides is 2. The van der Waals surface area contributed by atoms with E-state index in [-0.39, 0.29) is 11.8 Å². The van der Waals surface area contributed by atoms with Gasteiger partial charge in [0.2, 0.25) is 17.1 Å². The van der Waals surface area contributed by atoms with Gasteiger partial charge in [0.15, 0.2) is 0 Å². The number of carbonyl (C=O) groups excluding carboxylic acids is 3. The van der Waals surface area contributed by atoms with Crippen LogP contribution >= 0.6 is 11.6 Å². The molecule has 0 aromatic carbocycles. The van der Waals surface area contributed by atoms with Crippen LogP contribution in [0.4, 0.5) is 0 Å². The number of hydrogen-bond donors (Lipinski definition) is 4. The SMILES string of the molecule is C=CC(=O)Cl.C=CC(=O)NCCCOCCOCCCNC(=O)C=C.NCCCOCCOCCCN. The lowest BCUT2D eigenvalue weighted by atomic mass is 10.4. The van der Waals surface area contributed by atoms with Crippen molar-refractivity contribution >= 4 is 28.7 Å². The van der Waals surface area contributed by atoms with Gasteiger partial charge >= 0.3 is 0 Å². The molecule has 0 aliphatic heterocycles. The molecule has 11 nitrogen and oxygen atoms in total. The highest BCUT2D eigenvalue weighted by molar-refractivity contribution is 6.66. The highest BCUT2D eigenvalue weighted by Gasteiger charge is 1.95. The van der Waals surface area contributed by atoms with Crippen molar-refractivity contribution in [2.45, 2.75) is 25.7 Å². The van der Waals surface area contributed by atoms with Crippen LogP contribution in [-0.2, 0) is 33.3 Å². The van der Waals surface area contributed by atoms with Crippen LogP contribution in [0, 0.1) is 0 Å². The first-order valence-electron chi connectivity index (χ1n) is 12.2. The van der Waals surface area contributed by atoms with Crippen LogP contribution in [-0.4, -0.2) is 96.1 Å². The molecule has 0 rings (SSSR count). The first-order chi connectivity index (χ1) is 17.9. The average molecular weight is 551 g/mol. The maximum absolute atomic E-state index is 10.8. The molecule has 6 N–H and O–H groups in total. The van der Waals surface area contributed by atoms with Crippen molar-refractivity contribution in [1.29, 1.82) is 0 Å². The molecule has 0 bridgehead atoms. The monoisotopic (exact) mass is 550 g/mol. The molecule has 0 radical (unpaired) electrons. The molecule has 0 aromatic rings. The van der Waals surface area contributed by atoms with Gasteiger partial charge in [-0.25, -0.2) is 0 Å². The lowest BCUT2D eigenvalue weighted by molar-refractivity contribution is -0.117. The fourth-order valence-electron chi connectivity index (χ4n) is 1.93. The molecule has 0 aliphatic carbocycles. The van der Waals surface area contributed by atoms with Gasteiger partial charge in [-0.05, 0) is 68.6 Å². The second-order valence-electron chi connectivity index (χ2n) is 6.94. The zero-order valence-corrected chi connectivity index (χ0v) is 22.8. The number of nitrogens with one attached hydrogen (secondary N) is 2. The number of carbonyl (C=O) groups is 3. The Hall–Kier alpha value is -2.12. The lowest BCUT2D eigenvalue weighted by Crippen LogP contribution is -2.23. The summed E-state index contributed by atoms with van der Waals surface area (Å²) in [5, 5.41) is 4.81. The fourth-order valence-corrected chi connectivity index (χ4v) is 1.93. The van der Waals surface area contributed by atoms with Gasteiger partial charge in [-0.3, -0.25) is 14.4 Å². The van der Waals surface area contributed by atoms with E-state index >= 15 is 0 Å². The molecule has 37 heavy (non-hydrogen) atoms. The standard InChI is InChI=1S/C14H24N2O4.C8H20N2O2.C3H3ClO/c1-3-13(17)15-7-5-9-19-11-12-20-10-6-8-16-14(18)4-2;9-3-1-5-11-7-8-12-6-2-4-10;1-2-3(4)5/h3-4H,1-2,5-12H2,(H,15,17)(H,16,18);1-10H2;2H,1H2. The second-order valence-corrected chi connectivity index (χ2v) is 7.31. The van der Waals surface area contributed by atoms with Crippen molar-refractivity contribution < 1.29 is 33.3 Å². The zero-order valence-electron chi connectivity index (χ0n) is 22.1. The largest absolute Gasteiger partial charge is 0.379 e. The third-order valence-electron chi connectivity index (χ3n) is 3.79. The van der Waals surface area contributed by atoms with E-state index in [2.05, 4.69) is 30.4 Å².